The van der Waals surface area contributed by atoms with Gasteiger partial charge in [0.25, 0.3) is 0 Å². The number of H-pyrrole nitrogens is 2. The molecule has 6 nitrogen and oxygen atoms in total. The number of anilines is 1. The predicted molar refractivity (Wildman–Crippen MR) is 82.7 cm³/mol. The van der Waals surface area contributed by atoms with Crippen molar-refractivity contribution < 1.29 is 4.79 Å². The third-order valence-corrected chi connectivity index (χ3v) is 3.80. The minimum Gasteiger partial charge on any atom is -0.323 e. The fourth-order valence-corrected chi connectivity index (χ4v) is 2.49. The van der Waals surface area contributed by atoms with E-state index in [4.69, 9.17) is 5.73 Å². The van der Waals surface area contributed by atoms with Crippen molar-refractivity contribution in [3.63, 3.8) is 0 Å². The molecule has 1 atom stereocenters. The molecule has 0 saturated carbocycles. The van der Waals surface area contributed by atoms with Crippen molar-refractivity contribution in [3.8, 4) is 0 Å². The molecule has 5 N–H and O–H groups in total. The van der Waals surface area contributed by atoms with Gasteiger partial charge < -0.3 is 21.0 Å². The first-order valence-electron chi connectivity index (χ1n) is 6.35. The van der Waals surface area contributed by atoms with Crippen LogP contribution in [0.15, 0.2) is 21.4 Å². The number of benzene rings is 1. The van der Waals surface area contributed by atoms with Crippen molar-refractivity contribution in [2.24, 2.45) is 5.73 Å². The monoisotopic (exact) mass is 340 g/mol. The highest BCUT2D eigenvalue weighted by atomic mass is 79.9. The average molecular weight is 341 g/mol. The standard InChI is InChI=1S/C13H17BrN4O2/c1-3-4-13(2,15)11(19)16-8-6-10-9(5-7(8)14)17-12(20)18-10/h5-6H,3-4,15H2,1-2H3,(H,16,19)(H2,17,18,20). The number of fused-ring (bicyclic) bond motifs is 1. The molecule has 108 valence electrons. The molecule has 1 unspecified atom stereocenters. The number of carbonyl (C=O) groups is 1. The first kappa shape index (κ1) is 14.8. The Labute approximate surface area is 124 Å². The molecule has 1 aromatic heterocycles. The van der Waals surface area contributed by atoms with Crippen LogP contribution < -0.4 is 16.7 Å². The number of carbonyl (C=O) groups excluding carboxylic acids is 1. The van der Waals surface area contributed by atoms with Crippen LogP contribution >= 0.6 is 15.9 Å². The minimum absolute atomic E-state index is 0.253. The molecule has 0 radical (unpaired) electrons. The van der Waals surface area contributed by atoms with Crippen LogP contribution in [0.25, 0.3) is 11.0 Å². The van der Waals surface area contributed by atoms with Gasteiger partial charge in [-0.2, -0.15) is 0 Å². The zero-order valence-corrected chi connectivity index (χ0v) is 12.9. The smallest absolute Gasteiger partial charge is 0.323 e. The van der Waals surface area contributed by atoms with Crippen LogP contribution in [0.2, 0.25) is 0 Å². The van der Waals surface area contributed by atoms with E-state index in [1.165, 1.54) is 0 Å². The fraction of sp³-hybridized carbons (Fsp3) is 0.385. The molecular weight excluding hydrogens is 324 g/mol. The highest BCUT2D eigenvalue weighted by Gasteiger charge is 2.27. The van der Waals surface area contributed by atoms with Gasteiger partial charge in [-0.1, -0.05) is 13.3 Å². The number of aromatic amines is 2. The molecule has 1 heterocycles. The average Bonchev–Trinajstić information content (AvgIpc) is 2.68. The van der Waals surface area contributed by atoms with E-state index in [0.29, 0.717) is 27.6 Å². The second-order valence-electron chi connectivity index (χ2n) is 5.08. The Morgan fingerprint density at radius 3 is 2.60 bits per heavy atom. The topological polar surface area (TPSA) is 104 Å². The summed E-state index contributed by atoms with van der Waals surface area (Å²) >= 11 is 3.37. The molecule has 2 rings (SSSR count). The first-order chi connectivity index (χ1) is 9.33. The number of nitrogens with two attached hydrogens (primary N) is 1. The Kier molecular flexibility index (Phi) is 4.01. The zero-order valence-electron chi connectivity index (χ0n) is 11.3. The van der Waals surface area contributed by atoms with Crippen molar-refractivity contribution in [3.05, 3.63) is 27.1 Å². The van der Waals surface area contributed by atoms with Crippen molar-refractivity contribution in [1.29, 1.82) is 0 Å². The quantitative estimate of drug-likeness (QED) is 0.684. The Morgan fingerprint density at radius 2 is 2.00 bits per heavy atom. The van der Waals surface area contributed by atoms with E-state index in [9.17, 15) is 9.59 Å². The van der Waals surface area contributed by atoms with Gasteiger partial charge in [0, 0.05) is 4.47 Å². The van der Waals surface area contributed by atoms with Crippen LogP contribution in [0.4, 0.5) is 5.69 Å². The van der Waals surface area contributed by atoms with E-state index in [1.54, 1.807) is 19.1 Å². The van der Waals surface area contributed by atoms with Gasteiger partial charge >= 0.3 is 5.69 Å². The number of hydrogen-bond donors (Lipinski definition) is 4. The van der Waals surface area contributed by atoms with Gasteiger partial charge in [-0.3, -0.25) is 4.79 Å². The summed E-state index contributed by atoms with van der Waals surface area (Å²) in [5.41, 5.74) is 6.66. The van der Waals surface area contributed by atoms with Gasteiger partial charge in [0.2, 0.25) is 5.91 Å². The maximum absolute atomic E-state index is 12.2. The van der Waals surface area contributed by atoms with Crippen LogP contribution in [0.3, 0.4) is 0 Å². The van der Waals surface area contributed by atoms with Gasteiger partial charge in [0.05, 0.1) is 22.3 Å². The van der Waals surface area contributed by atoms with Crippen molar-refractivity contribution in [2.45, 2.75) is 32.2 Å². The van der Waals surface area contributed by atoms with Gasteiger partial charge in [-0.25, -0.2) is 4.79 Å². The molecule has 0 fully saturated rings. The van der Waals surface area contributed by atoms with Crippen LogP contribution in [0.1, 0.15) is 26.7 Å². The number of imidazole rings is 1. The molecule has 0 aliphatic carbocycles. The predicted octanol–water partition coefficient (Wildman–Crippen LogP) is 2.07. The summed E-state index contributed by atoms with van der Waals surface area (Å²) in [6, 6.07) is 3.42. The molecule has 7 heteroatoms. The largest absolute Gasteiger partial charge is 0.323 e. The van der Waals surface area contributed by atoms with E-state index in [0.717, 1.165) is 6.42 Å². The van der Waals surface area contributed by atoms with E-state index in [1.807, 2.05) is 6.92 Å². The third-order valence-electron chi connectivity index (χ3n) is 3.14. The molecule has 1 aromatic carbocycles. The van der Waals surface area contributed by atoms with Crippen molar-refractivity contribution in [1.82, 2.24) is 9.97 Å². The molecule has 0 bridgehead atoms. The lowest BCUT2D eigenvalue weighted by atomic mass is 9.96. The lowest BCUT2D eigenvalue weighted by molar-refractivity contribution is -0.120. The van der Waals surface area contributed by atoms with E-state index in [-0.39, 0.29) is 11.6 Å². The zero-order chi connectivity index (χ0) is 14.9. The molecule has 20 heavy (non-hydrogen) atoms. The summed E-state index contributed by atoms with van der Waals surface area (Å²) in [5, 5.41) is 2.79. The van der Waals surface area contributed by atoms with Crippen LogP contribution in [-0.2, 0) is 4.79 Å². The second kappa shape index (κ2) is 5.41. The van der Waals surface area contributed by atoms with Gasteiger partial charge in [-0.15, -0.1) is 0 Å². The number of nitrogens with one attached hydrogen (secondary N) is 3. The summed E-state index contributed by atoms with van der Waals surface area (Å²) in [4.78, 5) is 28.7. The Morgan fingerprint density at radius 1 is 1.40 bits per heavy atom. The summed E-state index contributed by atoms with van der Waals surface area (Å²) < 4.78 is 0.681. The van der Waals surface area contributed by atoms with Gasteiger partial charge in [-0.05, 0) is 41.4 Å². The summed E-state index contributed by atoms with van der Waals surface area (Å²) in [7, 11) is 0. The maximum atomic E-state index is 12.2. The van der Waals surface area contributed by atoms with Crippen molar-refractivity contribution in [2.75, 3.05) is 5.32 Å². The van der Waals surface area contributed by atoms with Crippen LogP contribution in [0, 0.1) is 0 Å². The maximum Gasteiger partial charge on any atom is 0.323 e. The normalized spacial score (nSPS) is 14.2. The van der Waals surface area contributed by atoms with Crippen LogP contribution in [0.5, 0.6) is 0 Å². The number of aromatic nitrogens is 2. The SMILES string of the molecule is CCCC(C)(N)C(=O)Nc1cc2[nH]c(=O)[nH]c2cc1Br. The fourth-order valence-electron chi connectivity index (χ4n) is 2.05. The number of rotatable bonds is 4. The van der Waals surface area contributed by atoms with E-state index in [2.05, 4.69) is 31.2 Å². The molecule has 0 saturated heterocycles. The second-order valence-corrected chi connectivity index (χ2v) is 5.93. The molecule has 0 aliphatic heterocycles. The Bertz CT molecular complexity index is 702. The number of amides is 1. The van der Waals surface area contributed by atoms with Crippen LogP contribution in [-0.4, -0.2) is 21.4 Å². The highest BCUT2D eigenvalue weighted by Crippen LogP contribution is 2.27. The van der Waals surface area contributed by atoms with Gasteiger partial charge in [0.1, 0.15) is 0 Å². The minimum atomic E-state index is -0.922. The summed E-state index contributed by atoms with van der Waals surface area (Å²) in [6.45, 7) is 3.68. The molecule has 0 spiro atoms. The summed E-state index contributed by atoms with van der Waals surface area (Å²) in [5.74, 6) is -0.253. The lowest BCUT2D eigenvalue weighted by Crippen LogP contribution is -2.48. The summed E-state index contributed by atoms with van der Waals surface area (Å²) in [6.07, 6.45) is 1.42. The lowest BCUT2D eigenvalue weighted by Gasteiger charge is -2.23. The number of halogens is 1. The molecular formula is C13H17BrN4O2. The molecule has 2 aromatic rings. The highest BCUT2D eigenvalue weighted by molar-refractivity contribution is 9.10. The van der Waals surface area contributed by atoms with Gasteiger partial charge in [0.15, 0.2) is 0 Å². The molecule has 1 amide bonds. The number of hydrogen-bond acceptors (Lipinski definition) is 3. The van der Waals surface area contributed by atoms with E-state index < -0.39 is 5.54 Å². The Hall–Kier alpha value is -1.60. The first-order valence-corrected chi connectivity index (χ1v) is 7.14. The molecule has 0 aliphatic rings. The van der Waals surface area contributed by atoms with Crippen molar-refractivity contribution >= 4 is 38.6 Å². The van der Waals surface area contributed by atoms with E-state index >= 15 is 0 Å². The third kappa shape index (κ3) is 2.94. The Balaban J connectivity index is 2.31.